The molecule has 0 radical (unpaired) electrons. The molecule has 2 nitrogen and oxygen atoms in total. The van der Waals surface area contributed by atoms with E-state index in [0.717, 1.165) is 11.4 Å². The first kappa shape index (κ1) is 15.0. The summed E-state index contributed by atoms with van der Waals surface area (Å²) in [6.45, 7) is 10.7. The summed E-state index contributed by atoms with van der Waals surface area (Å²) in [7, 11) is -1.63. The van der Waals surface area contributed by atoms with Gasteiger partial charge >= 0.3 is 0 Å². The average Bonchev–Trinajstić information content (AvgIpc) is 2.72. The Kier molecular flexibility index (Phi) is 4.45. The van der Waals surface area contributed by atoms with E-state index in [9.17, 15) is 0 Å². The van der Waals surface area contributed by atoms with E-state index in [-0.39, 0.29) is 0 Å². The molecule has 0 spiro atoms. The van der Waals surface area contributed by atoms with E-state index in [0.29, 0.717) is 0 Å². The number of hydrogen-bond acceptors (Lipinski definition) is 3. The first-order chi connectivity index (χ1) is 9.35. The zero-order chi connectivity index (χ0) is 14.8. The topological polar surface area (TPSA) is 21.6 Å². The van der Waals surface area contributed by atoms with Crippen molar-refractivity contribution in [2.75, 3.05) is 0 Å². The van der Waals surface area contributed by atoms with Crippen LogP contribution in [0.1, 0.15) is 16.0 Å². The molecule has 0 amide bonds. The summed E-state index contributed by atoms with van der Waals surface area (Å²) in [4.78, 5) is 5.82. The van der Waals surface area contributed by atoms with Gasteiger partial charge in [-0.15, -0.1) is 11.3 Å². The molecule has 20 heavy (non-hydrogen) atoms. The van der Waals surface area contributed by atoms with Crippen molar-refractivity contribution in [1.82, 2.24) is 0 Å². The van der Waals surface area contributed by atoms with Gasteiger partial charge in [-0.05, 0) is 68.2 Å². The van der Waals surface area contributed by atoms with E-state index >= 15 is 0 Å². The van der Waals surface area contributed by atoms with Gasteiger partial charge in [0, 0.05) is 11.1 Å². The maximum Gasteiger partial charge on any atom is 0.242 e. The fraction of sp³-hybridized carbons (Fsp3) is 0.312. The van der Waals surface area contributed by atoms with Crippen LogP contribution < -0.4 is 4.43 Å². The minimum absolute atomic E-state index is 0.898. The monoisotopic (exact) mass is 303 g/mol. The molecule has 0 saturated heterocycles. The standard InChI is InChI=1S/C16H21NOSSi/c1-12-6-7-14(15(10-12)18-20(3,4)5)17-11-16-13(2)8-9-19-16/h6-11H,1-5H3. The molecule has 0 aliphatic heterocycles. The Morgan fingerprint density at radius 1 is 1.15 bits per heavy atom. The number of aryl methyl sites for hydroxylation is 2. The number of thiophene rings is 1. The molecule has 0 atom stereocenters. The summed E-state index contributed by atoms with van der Waals surface area (Å²) in [6, 6.07) is 8.29. The van der Waals surface area contributed by atoms with Crippen LogP contribution in [0.15, 0.2) is 34.6 Å². The van der Waals surface area contributed by atoms with Crippen LogP contribution in [0.25, 0.3) is 0 Å². The predicted molar refractivity (Wildman–Crippen MR) is 91.5 cm³/mol. The van der Waals surface area contributed by atoms with Crippen LogP contribution in [-0.4, -0.2) is 14.5 Å². The molecule has 1 aromatic carbocycles. The molecule has 0 unspecified atom stereocenters. The van der Waals surface area contributed by atoms with E-state index in [1.54, 1.807) is 11.3 Å². The van der Waals surface area contributed by atoms with Crippen molar-refractivity contribution in [2.45, 2.75) is 33.5 Å². The van der Waals surface area contributed by atoms with E-state index in [4.69, 9.17) is 4.43 Å². The highest BCUT2D eigenvalue weighted by Gasteiger charge is 2.18. The molecule has 0 aliphatic rings. The summed E-state index contributed by atoms with van der Waals surface area (Å²) in [5.41, 5.74) is 3.37. The largest absolute Gasteiger partial charge is 0.543 e. The van der Waals surface area contributed by atoms with Crippen molar-refractivity contribution in [3.8, 4) is 5.75 Å². The Bertz CT molecular complexity index is 626. The van der Waals surface area contributed by atoms with Gasteiger partial charge in [0.15, 0.2) is 0 Å². The van der Waals surface area contributed by atoms with E-state index in [1.165, 1.54) is 16.0 Å². The van der Waals surface area contributed by atoms with Crippen LogP contribution in [0, 0.1) is 13.8 Å². The number of aliphatic imine (C=N–C) groups is 1. The third-order valence-corrected chi connectivity index (χ3v) is 4.54. The molecule has 106 valence electrons. The third-order valence-electron chi connectivity index (χ3n) is 2.75. The molecule has 0 saturated carbocycles. The maximum atomic E-state index is 6.14. The highest BCUT2D eigenvalue weighted by atomic mass is 32.1. The molecule has 2 aromatic rings. The summed E-state index contributed by atoms with van der Waals surface area (Å²) in [5.74, 6) is 0.898. The molecule has 0 aliphatic carbocycles. The SMILES string of the molecule is Cc1ccc(N=Cc2sccc2C)c(O[Si](C)(C)C)c1. The molecule has 2 rings (SSSR count). The molecule has 1 heterocycles. The number of benzene rings is 1. The minimum Gasteiger partial charge on any atom is -0.543 e. The number of hydrogen-bond donors (Lipinski definition) is 0. The average molecular weight is 304 g/mol. The zero-order valence-corrected chi connectivity index (χ0v) is 14.5. The fourth-order valence-electron chi connectivity index (χ4n) is 1.78. The summed E-state index contributed by atoms with van der Waals surface area (Å²) in [5, 5.41) is 2.09. The molecule has 4 heteroatoms. The Morgan fingerprint density at radius 2 is 1.90 bits per heavy atom. The lowest BCUT2D eigenvalue weighted by Crippen LogP contribution is -2.29. The molecule has 0 fully saturated rings. The lowest BCUT2D eigenvalue weighted by atomic mass is 10.2. The van der Waals surface area contributed by atoms with Crippen LogP contribution in [-0.2, 0) is 0 Å². The molecular weight excluding hydrogens is 282 g/mol. The lowest BCUT2D eigenvalue weighted by molar-refractivity contribution is 0.558. The second kappa shape index (κ2) is 5.93. The Hall–Kier alpha value is -1.39. The molecule has 0 bridgehead atoms. The van der Waals surface area contributed by atoms with Crippen molar-refractivity contribution in [2.24, 2.45) is 4.99 Å². The van der Waals surface area contributed by atoms with Gasteiger partial charge in [-0.2, -0.15) is 0 Å². The molecular formula is C16H21NOSSi. The normalized spacial score (nSPS) is 12.1. The van der Waals surface area contributed by atoms with Crippen LogP contribution in [0.2, 0.25) is 19.6 Å². The quantitative estimate of drug-likeness (QED) is 0.552. The van der Waals surface area contributed by atoms with Crippen LogP contribution in [0.3, 0.4) is 0 Å². The van der Waals surface area contributed by atoms with Crippen molar-refractivity contribution >= 4 is 31.6 Å². The maximum absolute atomic E-state index is 6.14. The number of rotatable bonds is 4. The van der Waals surface area contributed by atoms with Gasteiger partial charge < -0.3 is 4.43 Å². The first-order valence-electron chi connectivity index (χ1n) is 6.73. The second-order valence-corrected chi connectivity index (χ2v) is 11.3. The first-order valence-corrected chi connectivity index (χ1v) is 11.0. The van der Waals surface area contributed by atoms with Crippen molar-refractivity contribution in [3.63, 3.8) is 0 Å². The highest BCUT2D eigenvalue weighted by Crippen LogP contribution is 2.31. The Morgan fingerprint density at radius 3 is 2.50 bits per heavy atom. The summed E-state index contributed by atoms with van der Waals surface area (Å²) in [6.07, 6.45) is 1.93. The number of nitrogens with zero attached hydrogens (tertiary/aromatic N) is 1. The predicted octanol–water partition coefficient (Wildman–Crippen LogP) is 5.33. The van der Waals surface area contributed by atoms with Gasteiger partial charge in [-0.1, -0.05) is 6.07 Å². The second-order valence-electron chi connectivity index (χ2n) is 5.91. The lowest BCUT2D eigenvalue weighted by Gasteiger charge is -2.20. The Balaban J connectivity index is 2.32. The van der Waals surface area contributed by atoms with Gasteiger partial charge in [-0.3, -0.25) is 4.99 Å². The van der Waals surface area contributed by atoms with Crippen LogP contribution in [0.5, 0.6) is 5.75 Å². The Labute approximate surface area is 126 Å². The van der Waals surface area contributed by atoms with Crippen LogP contribution >= 0.6 is 11.3 Å². The van der Waals surface area contributed by atoms with Gasteiger partial charge in [0.25, 0.3) is 0 Å². The molecule has 0 N–H and O–H groups in total. The van der Waals surface area contributed by atoms with Crippen molar-refractivity contribution < 1.29 is 4.43 Å². The summed E-state index contributed by atoms with van der Waals surface area (Å²) >= 11 is 1.71. The van der Waals surface area contributed by atoms with E-state index in [2.05, 4.69) is 62.1 Å². The van der Waals surface area contributed by atoms with Gasteiger partial charge in [0.2, 0.25) is 8.32 Å². The summed E-state index contributed by atoms with van der Waals surface area (Å²) < 4.78 is 6.14. The van der Waals surface area contributed by atoms with E-state index in [1.807, 2.05) is 12.3 Å². The smallest absolute Gasteiger partial charge is 0.242 e. The zero-order valence-electron chi connectivity index (χ0n) is 12.7. The van der Waals surface area contributed by atoms with Crippen molar-refractivity contribution in [3.05, 3.63) is 45.6 Å². The van der Waals surface area contributed by atoms with E-state index < -0.39 is 8.32 Å². The fourth-order valence-corrected chi connectivity index (χ4v) is 3.39. The molecule has 1 aromatic heterocycles. The highest BCUT2D eigenvalue weighted by molar-refractivity contribution is 7.11. The van der Waals surface area contributed by atoms with Gasteiger partial charge in [0.1, 0.15) is 11.4 Å². The van der Waals surface area contributed by atoms with Gasteiger partial charge in [0.05, 0.1) is 0 Å². The van der Waals surface area contributed by atoms with Crippen molar-refractivity contribution in [1.29, 1.82) is 0 Å². The minimum atomic E-state index is -1.63. The van der Waals surface area contributed by atoms with Gasteiger partial charge in [-0.25, -0.2) is 0 Å². The third kappa shape index (κ3) is 4.05. The van der Waals surface area contributed by atoms with Crippen LogP contribution in [0.4, 0.5) is 5.69 Å².